The number of allylic oxidation sites excluding steroid dienone is 2. The Balaban J connectivity index is 2.76. The number of carbonyl (C=O) groups is 1. The van der Waals surface area contributed by atoms with Crippen molar-refractivity contribution in [3.05, 3.63) is 11.6 Å². The number of rotatable bonds is 6. The van der Waals surface area contributed by atoms with Crippen molar-refractivity contribution >= 4 is 15.8 Å². The number of piperidine rings is 1. The molecule has 1 aliphatic rings. The first-order valence-corrected chi connectivity index (χ1v) is 8.97. The zero-order valence-electron chi connectivity index (χ0n) is 12.6. The van der Waals surface area contributed by atoms with Crippen molar-refractivity contribution in [3.8, 4) is 0 Å². The molecule has 6 heteroatoms. The Kier molecular flexibility index (Phi) is 5.77. The summed E-state index contributed by atoms with van der Waals surface area (Å²) >= 11 is 0. The van der Waals surface area contributed by atoms with Crippen molar-refractivity contribution < 1.29 is 18.3 Å². The molecule has 0 aromatic heterocycles. The minimum absolute atomic E-state index is 0.0886. The lowest BCUT2D eigenvalue weighted by Gasteiger charge is -2.39. The second kappa shape index (κ2) is 6.72. The first-order valence-electron chi connectivity index (χ1n) is 6.91. The number of nitrogens with zero attached hydrogens (tertiary/aromatic N) is 1. The van der Waals surface area contributed by atoms with Crippen molar-refractivity contribution in [2.24, 2.45) is 5.41 Å². The van der Waals surface area contributed by atoms with E-state index in [4.69, 9.17) is 0 Å². The molecule has 0 aromatic rings. The Labute approximate surface area is 121 Å². The molecule has 5 nitrogen and oxygen atoms in total. The second-order valence-electron chi connectivity index (χ2n) is 6.08. The lowest BCUT2D eigenvalue weighted by Crippen LogP contribution is -2.48. The fourth-order valence-electron chi connectivity index (χ4n) is 2.54. The van der Waals surface area contributed by atoms with Gasteiger partial charge < -0.3 is 10.0 Å². The number of likely N-dealkylation sites (tertiary alicyclic amines) is 1. The number of carboxylic acid groups (broad SMARTS) is 1. The Hall–Kier alpha value is -0.880. The SMILES string of the molecule is CC(C)=CC[C@@]1(C(=O)O)CCCN(CCS(C)(=O)=O)C1. The van der Waals surface area contributed by atoms with Crippen LogP contribution in [0.4, 0.5) is 0 Å². The highest BCUT2D eigenvalue weighted by Crippen LogP contribution is 2.34. The zero-order valence-corrected chi connectivity index (χ0v) is 13.4. The molecule has 20 heavy (non-hydrogen) atoms. The molecule has 0 amide bonds. The Morgan fingerprint density at radius 3 is 2.55 bits per heavy atom. The molecule has 1 rings (SSSR count). The summed E-state index contributed by atoms with van der Waals surface area (Å²) in [5.41, 5.74) is 0.339. The fraction of sp³-hybridized carbons (Fsp3) is 0.786. The normalized spacial score (nSPS) is 24.4. The van der Waals surface area contributed by atoms with Crippen molar-refractivity contribution in [1.82, 2.24) is 4.90 Å². The summed E-state index contributed by atoms with van der Waals surface area (Å²) in [4.78, 5) is 13.6. The van der Waals surface area contributed by atoms with E-state index in [0.29, 0.717) is 25.9 Å². The average Bonchev–Trinajstić information content (AvgIpc) is 2.33. The summed E-state index contributed by atoms with van der Waals surface area (Å²) < 4.78 is 22.5. The molecule has 116 valence electrons. The van der Waals surface area contributed by atoms with E-state index in [2.05, 4.69) is 0 Å². The maximum absolute atomic E-state index is 11.7. The molecule has 1 atom stereocenters. The smallest absolute Gasteiger partial charge is 0.311 e. The molecular formula is C14H25NO4S. The van der Waals surface area contributed by atoms with E-state index in [0.717, 1.165) is 18.5 Å². The Morgan fingerprint density at radius 1 is 1.40 bits per heavy atom. The average molecular weight is 303 g/mol. The number of carboxylic acids is 1. The first-order chi connectivity index (χ1) is 9.15. The lowest BCUT2D eigenvalue weighted by atomic mass is 9.76. The number of hydrogen-bond donors (Lipinski definition) is 1. The predicted molar refractivity (Wildman–Crippen MR) is 79.5 cm³/mol. The summed E-state index contributed by atoms with van der Waals surface area (Å²) in [7, 11) is -3.01. The van der Waals surface area contributed by atoms with Crippen LogP contribution in [0, 0.1) is 5.41 Å². The van der Waals surface area contributed by atoms with E-state index in [1.54, 1.807) is 0 Å². The molecule has 0 radical (unpaired) electrons. The van der Waals surface area contributed by atoms with Crippen LogP contribution in [0.1, 0.15) is 33.1 Å². The standard InChI is InChI=1S/C14H25NO4S/c1-12(2)5-7-14(13(16)17)6-4-8-15(11-14)9-10-20(3,18)19/h5H,4,6-11H2,1-3H3,(H,16,17)/t14-/m0/s1. The van der Waals surface area contributed by atoms with Crippen LogP contribution in [0.2, 0.25) is 0 Å². The van der Waals surface area contributed by atoms with Gasteiger partial charge in [-0.2, -0.15) is 0 Å². The van der Waals surface area contributed by atoms with Crippen LogP contribution in [0.15, 0.2) is 11.6 Å². The van der Waals surface area contributed by atoms with E-state index in [-0.39, 0.29) is 5.75 Å². The molecule has 1 heterocycles. The van der Waals surface area contributed by atoms with Crippen LogP contribution in [0.25, 0.3) is 0 Å². The molecule has 1 aliphatic heterocycles. The first kappa shape index (κ1) is 17.2. The highest BCUT2D eigenvalue weighted by atomic mass is 32.2. The van der Waals surface area contributed by atoms with Gasteiger partial charge in [-0.25, -0.2) is 8.42 Å². The van der Waals surface area contributed by atoms with Crippen LogP contribution >= 0.6 is 0 Å². The molecule has 0 aromatic carbocycles. The van der Waals surface area contributed by atoms with E-state index in [1.807, 2.05) is 24.8 Å². The van der Waals surface area contributed by atoms with Gasteiger partial charge in [0.1, 0.15) is 9.84 Å². The third-order valence-corrected chi connectivity index (χ3v) is 4.71. The summed E-state index contributed by atoms with van der Waals surface area (Å²) in [6.07, 6.45) is 5.15. The Bertz CT molecular complexity index is 479. The lowest BCUT2D eigenvalue weighted by molar-refractivity contribution is -0.152. The van der Waals surface area contributed by atoms with Crippen LogP contribution in [0.5, 0.6) is 0 Å². The summed E-state index contributed by atoms with van der Waals surface area (Å²) in [5, 5.41) is 9.57. The molecule has 0 saturated carbocycles. The van der Waals surface area contributed by atoms with Gasteiger partial charge in [0.2, 0.25) is 0 Å². The maximum atomic E-state index is 11.7. The van der Waals surface area contributed by atoms with E-state index < -0.39 is 21.2 Å². The van der Waals surface area contributed by atoms with Gasteiger partial charge in [0, 0.05) is 19.3 Å². The van der Waals surface area contributed by atoms with Gasteiger partial charge >= 0.3 is 5.97 Å². The second-order valence-corrected chi connectivity index (χ2v) is 8.34. The molecule has 1 fully saturated rings. The quantitative estimate of drug-likeness (QED) is 0.754. The largest absolute Gasteiger partial charge is 0.481 e. The van der Waals surface area contributed by atoms with Gasteiger partial charge in [-0.15, -0.1) is 0 Å². The number of hydrogen-bond acceptors (Lipinski definition) is 4. The molecule has 1 saturated heterocycles. The summed E-state index contributed by atoms with van der Waals surface area (Å²) in [6, 6.07) is 0. The maximum Gasteiger partial charge on any atom is 0.311 e. The summed E-state index contributed by atoms with van der Waals surface area (Å²) in [6.45, 7) is 5.54. The van der Waals surface area contributed by atoms with Gasteiger partial charge in [0.25, 0.3) is 0 Å². The van der Waals surface area contributed by atoms with Crippen LogP contribution in [-0.4, -0.2) is 56.0 Å². The minimum atomic E-state index is -3.01. The molecule has 0 aliphatic carbocycles. The number of sulfone groups is 1. The van der Waals surface area contributed by atoms with Crippen molar-refractivity contribution in [3.63, 3.8) is 0 Å². The van der Waals surface area contributed by atoms with E-state index >= 15 is 0 Å². The third-order valence-electron chi connectivity index (χ3n) is 3.79. The number of aliphatic carboxylic acids is 1. The molecule has 0 bridgehead atoms. The van der Waals surface area contributed by atoms with Crippen molar-refractivity contribution in [1.29, 1.82) is 0 Å². The molecule has 1 N–H and O–H groups in total. The van der Waals surface area contributed by atoms with Crippen LogP contribution < -0.4 is 0 Å². The van der Waals surface area contributed by atoms with Crippen LogP contribution in [0.3, 0.4) is 0 Å². The van der Waals surface area contributed by atoms with Crippen LogP contribution in [-0.2, 0) is 14.6 Å². The summed E-state index contributed by atoms with van der Waals surface area (Å²) in [5.74, 6) is -0.690. The van der Waals surface area contributed by atoms with Gasteiger partial charge in [-0.3, -0.25) is 4.79 Å². The van der Waals surface area contributed by atoms with Gasteiger partial charge in [0.05, 0.1) is 11.2 Å². The monoisotopic (exact) mass is 303 g/mol. The molecule has 0 unspecified atom stereocenters. The molecular weight excluding hydrogens is 278 g/mol. The van der Waals surface area contributed by atoms with Gasteiger partial charge in [0.15, 0.2) is 0 Å². The zero-order chi connectivity index (χ0) is 15.4. The van der Waals surface area contributed by atoms with E-state index in [1.165, 1.54) is 6.26 Å². The fourth-order valence-corrected chi connectivity index (χ4v) is 3.13. The van der Waals surface area contributed by atoms with Gasteiger partial charge in [-0.05, 0) is 39.7 Å². The highest BCUT2D eigenvalue weighted by Gasteiger charge is 2.41. The third kappa shape index (κ3) is 5.25. The predicted octanol–water partition coefficient (Wildman–Crippen LogP) is 1.55. The molecule has 0 spiro atoms. The Morgan fingerprint density at radius 2 is 2.05 bits per heavy atom. The minimum Gasteiger partial charge on any atom is -0.481 e. The highest BCUT2D eigenvalue weighted by molar-refractivity contribution is 7.90. The van der Waals surface area contributed by atoms with Crippen molar-refractivity contribution in [2.75, 3.05) is 31.6 Å². The van der Waals surface area contributed by atoms with Crippen molar-refractivity contribution in [2.45, 2.75) is 33.1 Å². The van der Waals surface area contributed by atoms with Gasteiger partial charge in [-0.1, -0.05) is 11.6 Å². The van der Waals surface area contributed by atoms with E-state index in [9.17, 15) is 18.3 Å². The topological polar surface area (TPSA) is 74.7 Å².